The summed E-state index contributed by atoms with van der Waals surface area (Å²) in [5, 5.41) is 10.5. The predicted molar refractivity (Wildman–Crippen MR) is 103 cm³/mol. The molecule has 1 unspecified atom stereocenters. The normalized spacial score (nSPS) is 18.6. The van der Waals surface area contributed by atoms with Gasteiger partial charge in [-0.2, -0.15) is 0 Å². The number of benzene rings is 1. The molecule has 1 N–H and O–H groups in total. The molecule has 6 nitrogen and oxygen atoms in total. The quantitative estimate of drug-likeness (QED) is 0.846. The fraction of sp³-hybridized carbons (Fsp3) is 0.429. The van der Waals surface area contributed by atoms with Crippen molar-refractivity contribution in [3.63, 3.8) is 0 Å². The van der Waals surface area contributed by atoms with Crippen LogP contribution in [0.2, 0.25) is 0 Å². The van der Waals surface area contributed by atoms with Gasteiger partial charge in [0, 0.05) is 45.5 Å². The molecule has 27 heavy (non-hydrogen) atoms. The summed E-state index contributed by atoms with van der Waals surface area (Å²) in [4.78, 5) is 22.7. The van der Waals surface area contributed by atoms with E-state index in [1.165, 1.54) is 11.1 Å². The first-order valence-corrected chi connectivity index (χ1v) is 9.60. The van der Waals surface area contributed by atoms with Gasteiger partial charge in [-0.15, -0.1) is 0 Å². The Bertz CT molecular complexity index is 783. The lowest BCUT2D eigenvalue weighted by Gasteiger charge is -2.31. The van der Waals surface area contributed by atoms with E-state index < -0.39 is 6.10 Å². The van der Waals surface area contributed by atoms with Crippen molar-refractivity contribution in [2.45, 2.75) is 25.6 Å². The summed E-state index contributed by atoms with van der Waals surface area (Å²) < 4.78 is 0. The highest BCUT2D eigenvalue weighted by Crippen LogP contribution is 2.19. The summed E-state index contributed by atoms with van der Waals surface area (Å²) in [5.41, 5.74) is 3.64. The third-order valence-corrected chi connectivity index (χ3v) is 5.37. The third kappa shape index (κ3) is 4.28. The van der Waals surface area contributed by atoms with Crippen LogP contribution in [-0.2, 0) is 19.5 Å². The number of β-amino-alcohol motifs (C(OH)–C–C–N with tert-alkyl or cyclic N) is 1. The van der Waals surface area contributed by atoms with Crippen LogP contribution in [0.3, 0.4) is 0 Å². The number of hydrogen-bond donors (Lipinski definition) is 1. The van der Waals surface area contributed by atoms with E-state index in [1.807, 2.05) is 18.2 Å². The highest BCUT2D eigenvalue weighted by molar-refractivity contribution is 5.76. The van der Waals surface area contributed by atoms with Crippen LogP contribution < -0.4 is 0 Å². The standard InChI is InChI=1S/C21H26N4O2/c26-20(15-23-10-8-17-5-1-2-6-18(17)13-23)16-25-12-11-24(21(25)27)14-19-7-3-4-9-22-19/h1-7,9,20,26H,8,10-16H2. The Hall–Kier alpha value is -2.44. The van der Waals surface area contributed by atoms with E-state index in [0.29, 0.717) is 32.7 Å². The van der Waals surface area contributed by atoms with Crippen LogP contribution in [0.25, 0.3) is 0 Å². The van der Waals surface area contributed by atoms with Gasteiger partial charge in [-0.1, -0.05) is 30.3 Å². The molecule has 2 aliphatic rings. The summed E-state index contributed by atoms with van der Waals surface area (Å²) >= 11 is 0. The molecule has 2 amide bonds. The van der Waals surface area contributed by atoms with Gasteiger partial charge in [0.15, 0.2) is 0 Å². The minimum Gasteiger partial charge on any atom is -0.390 e. The number of hydrogen-bond acceptors (Lipinski definition) is 4. The number of pyridine rings is 1. The molecule has 4 rings (SSSR count). The Balaban J connectivity index is 1.27. The van der Waals surface area contributed by atoms with Crippen LogP contribution in [0.5, 0.6) is 0 Å². The van der Waals surface area contributed by atoms with E-state index in [2.05, 4.69) is 34.1 Å². The molecule has 0 aliphatic carbocycles. The van der Waals surface area contributed by atoms with Gasteiger partial charge in [-0.05, 0) is 29.7 Å². The summed E-state index contributed by atoms with van der Waals surface area (Å²) in [5.74, 6) is 0. The van der Waals surface area contributed by atoms with E-state index >= 15 is 0 Å². The van der Waals surface area contributed by atoms with Crippen molar-refractivity contribution in [1.82, 2.24) is 19.7 Å². The lowest BCUT2D eigenvalue weighted by Crippen LogP contribution is -2.43. The van der Waals surface area contributed by atoms with Crippen molar-refractivity contribution in [2.24, 2.45) is 0 Å². The molecule has 6 heteroatoms. The maximum absolute atomic E-state index is 12.6. The summed E-state index contributed by atoms with van der Waals surface area (Å²) in [6.07, 6.45) is 2.23. The van der Waals surface area contributed by atoms with Crippen LogP contribution >= 0.6 is 0 Å². The van der Waals surface area contributed by atoms with Crippen molar-refractivity contribution >= 4 is 6.03 Å². The van der Waals surface area contributed by atoms with Crippen molar-refractivity contribution < 1.29 is 9.90 Å². The van der Waals surface area contributed by atoms with Crippen molar-refractivity contribution in [3.05, 3.63) is 65.5 Å². The van der Waals surface area contributed by atoms with E-state index in [0.717, 1.165) is 25.2 Å². The maximum atomic E-state index is 12.6. The Kier molecular flexibility index (Phi) is 5.36. The SMILES string of the molecule is O=C1N(Cc2ccccn2)CCN1CC(O)CN1CCc2ccccc2C1. The molecule has 3 heterocycles. The van der Waals surface area contributed by atoms with Gasteiger partial charge < -0.3 is 14.9 Å². The second-order valence-electron chi connectivity index (χ2n) is 7.38. The van der Waals surface area contributed by atoms with Gasteiger partial charge in [0.25, 0.3) is 0 Å². The molecule has 0 bridgehead atoms. The molecule has 1 aromatic heterocycles. The van der Waals surface area contributed by atoms with Gasteiger partial charge in [0.1, 0.15) is 0 Å². The van der Waals surface area contributed by atoms with E-state index in [4.69, 9.17) is 0 Å². The fourth-order valence-corrected chi connectivity index (χ4v) is 3.96. The van der Waals surface area contributed by atoms with Gasteiger partial charge >= 0.3 is 6.03 Å². The number of amides is 2. The molecule has 1 fully saturated rings. The molecule has 1 saturated heterocycles. The third-order valence-electron chi connectivity index (χ3n) is 5.37. The maximum Gasteiger partial charge on any atom is 0.320 e. The first kappa shape index (κ1) is 17.9. The van der Waals surface area contributed by atoms with Gasteiger partial charge in [0.2, 0.25) is 0 Å². The number of carbonyl (C=O) groups excluding carboxylic acids is 1. The number of rotatable bonds is 6. The number of fused-ring (bicyclic) bond motifs is 1. The monoisotopic (exact) mass is 366 g/mol. The molecule has 1 atom stereocenters. The Morgan fingerprint density at radius 2 is 1.74 bits per heavy atom. The molecule has 142 valence electrons. The summed E-state index contributed by atoms with van der Waals surface area (Å²) in [7, 11) is 0. The van der Waals surface area contributed by atoms with Crippen molar-refractivity contribution in [1.29, 1.82) is 0 Å². The Labute approximate surface area is 160 Å². The molecule has 0 spiro atoms. The average Bonchev–Trinajstić information content (AvgIpc) is 3.02. The van der Waals surface area contributed by atoms with E-state index in [9.17, 15) is 9.90 Å². The molecule has 0 saturated carbocycles. The first-order valence-electron chi connectivity index (χ1n) is 9.60. The van der Waals surface area contributed by atoms with Crippen molar-refractivity contribution in [3.8, 4) is 0 Å². The van der Waals surface area contributed by atoms with Crippen LogP contribution in [0.15, 0.2) is 48.7 Å². The molecule has 1 aromatic carbocycles. The Morgan fingerprint density at radius 1 is 0.963 bits per heavy atom. The topological polar surface area (TPSA) is 59.9 Å². The van der Waals surface area contributed by atoms with Gasteiger partial charge in [0.05, 0.1) is 18.3 Å². The van der Waals surface area contributed by atoms with Crippen molar-refractivity contribution in [2.75, 3.05) is 32.7 Å². The predicted octanol–water partition coefficient (Wildman–Crippen LogP) is 1.74. The minimum atomic E-state index is -0.533. The van der Waals surface area contributed by atoms with E-state index in [-0.39, 0.29) is 6.03 Å². The average molecular weight is 366 g/mol. The minimum absolute atomic E-state index is 0.0105. The number of urea groups is 1. The summed E-state index contributed by atoms with van der Waals surface area (Å²) in [6, 6.07) is 14.2. The van der Waals surface area contributed by atoms with Crippen LogP contribution in [-0.4, -0.2) is 69.6 Å². The molecule has 0 radical (unpaired) electrons. The number of aliphatic hydroxyl groups excluding tert-OH is 1. The van der Waals surface area contributed by atoms with E-state index in [1.54, 1.807) is 16.0 Å². The first-order chi connectivity index (χ1) is 13.2. The second kappa shape index (κ2) is 8.06. The number of nitrogens with zero attached hydrogens (tertiary/aromatic N) is 4. The largest absolute Gasteiger partial charge is 0.390 e. The lowest BCUT2D eigenvalue weighted by molar-refractivity contribution is 0.0812. The highest BCUT2D eigenvalue weighted by atomic mass is 16.3. The zero-order chi connectivity index (χ0) is 18.6. The molecular weight excluding hydrogens is 340 g/mol. The van der Waals surface area contributed by atoms with Gasteiger partial charge in [-0.3, -0.25) is 9.88 Å². The Morgan fingerprint density at radius 3 is 2.56 bits per heavy atom. The molecule has 2 aliphatic heterocycles. The van der Waals surface area contributed by atoms with Crippen LogP contribution in [0.4, 0.5) is 4.79 Å². The number of aromatic nitrogens is 1. The smallest absolute Gasteiger partial charge is 0.320 e. The zero-order valence-corrected chi connectivity index (χ0v) is 15.5. The number of carbonyl (C=O) groups is 1. The lowest BCUT2D eigenvalue weighted by atomic mass is 10.00. The van der Waals surface area contributed by atoms with Crippen LogP contribution in [0.1, 0.15) is 16.8 Å². The number of aliphatic hydroxyl groups is 1. The highest BCUT2D eigenvalue weighted by Gasteiger charge is 2.30. The second-order valence-corrected chi connectivity index (χ2v) is 7.38. The molecule has 2 aromatic rings. The summed E-state index contributed by atoms with van der Waals surface area (Å²) in [6.45, 7) is 4.66. The van der Waals surface area contributed by atoms with Gasteiger partial charge in [-0.25, -0.2) is 4.79 Å². The molecular formula is C21H26N4O2. The van der Waals surface area contributed by atoms with Crippen LogP contribution in [0, 0.1) is 0 Å². The fourth-order valence-electron chi connectivity index (χ4n) is 3.96. The zero-order valence-electron chi connectivity index (χ0n) is 15.5.